The van der Waals surface area contributed by atoms with Gasteiger partial charge in [0.25, 0.3) is 0 Å². The number of hydrogen-bond acceptors (Lipinski definition) is 4. The predicted octanol–water partition coefficient (Wildman–Crippen LogP) is 1.56. The summed E-state index contributed by atoms with van der Waals surface area (Å²) in [6.45, 7) is -0.0884. The Hall–Kier alpha value is -3.48. The Labute approximate surface area is 144 Å². The van der Waals surface area contributed by atoms with Gasteiger partial charge < -0.3 is 10.6 Å². The van der Waals surface area contributed by atoms with Crippen LogP contribution in [0.1, 0.15) is 5.56 Å². The molecule has 25 heavy (non-hydrogen) atoms. The highest BCUT2D eigenvalue weighted by Gasteiger charge is 2.07. The van der Waals surface area contributed by atoms with Crippen molar-refractivity contribution in [3.8, 4) is 5.82 Å². The molecule has 1 aromatic carbocycles. The van der Waals surface area contributed by atoms with Crippen LogP contribution in [0.4, 0.5) is 5.69 Å². The van der Waals surface area contributed by atoms with E-state index in [4.69, 9.17) is 0 Å². The van der Waals surface area contributed by atoms with Gasteiger partial charge in [-0.25, -0.2) is 9.97 Å². The lowest BCUT2D eigenvalue weighted by molar-refractivity contribution is -0.123. The lowest BCUT2D eigenvalue weighted by atomic mass is 10.1. The van der Waals surface area contributed by atoms with Crippen LogP contribution in [0.2, 0.25) is 0 Å². The van der Waals surface area contributed by atoms with Crippen LogP contribution in [0.15, 0.2) is 67.4 Å². The van der Waals surface area contributed by atoms with E-state index in [0.717, 1.165) is 5.56 Å². The summed E-state index contributed by atoms with van der Waals surface area (Å²) < 4.78 is 1.76. The quantitative estimate of drug-likeness (QED) is 0.715. The number of carbonyl (C=O) groups excluding carboxylic acids is 2. The largest absolute Gasteiger partial charge is 0.347 e. The zero-order chi connectivity index (χ0) is 17.5. The molecule has 0 radical (unpaired) electrons. The van der Waals surface area contributed by atoms with Crippen molar-refractivity contribution in [2.75, 3.05) is 11.9 Å². The average Bonchev–Trinajstić information content (AvgIpc) is 3.16. The molecule has 0 spiro atoms. The van der Waals surface area contributed by atoms with E-state index in [1.807, 2.05) is 30.3 Å². The van der Waals surface area contributed by atoms with Gasteiger partial charge in [0, 0.05) is 12.4 Å². The number of aromatic nitrogens is 3. The van der Waals surface area contributed by atoms with Gasteiger partial charge in [-0.3, -0.25) is 14.2 Å². The van der Waals surface area contributed by atoms with Gasteiger partial charge in [-0.1, -0.05) is 30.3 Å². The Bertz CT molecular complexity index is 830. The second-order valence-electron chi connectivity index (χ2n) is 5.36. The zero-order valence-electron chi connectivity index (χ0n) is 13.4. The Morgan fingerprint density at radius 2 is 1.88 bits per heavy atom. The van der Waals surface area contributed by atoms with Crippen molar-refractivity contribution in [2.24, 2.45) is 0 Å². The number of imidazole rings is 1. The molecule has 0 aliphatic heterocycles. The van der Waals surface area contributed by atoms with E-state index in [-0.39, 0.29) is 24.8 Å². The number of pyridine rings is 1. The third kappa shape index (κ3) is 4.74. The molecule has 0 fully saturated rings. The van der Waals surface area contributed by atoms with E-state index < -0.39 is 0 Å². The molecule has 0 saturated carbocycles. The first-order valence-corrected chi connectivity index (χ1v) is 7.75. The molecule has 126 valence electrons. The predicted molar refractivity (Wildman–Crippen MR) is 93.1 cm³/mol. The van der Waals surface area contributed by atoms with Crippen LogP contribution in [0.3, 0.4) is 0 Å². The molecule has 0 atom stereocenters. The van der Waals surface area contributed by atoms with E-state index in [0.29, 0.717) is 11.5 Å². The molecular formula is C18H17N5O2. The minimum atomic E-state index is -0.307. The van der Waals surface area contributed by atoms with E-state index in [2.05, 4.69) is 20.6 Å². The van der Waals surface area contributed by atoms with Crippen LogP contribution in [0, 0.1) is 0 Å². The number of nitrogens with one attached hydrogen (secondary N) is 2. The highest BCUT2D eigenvalue weighted by atomic mass is 16.2. The Kier molecular flexibility index (Phi) is 5.16. The van der Waals surface area contributed by atoms with Crippen LogP contribution in [0.5, 0.6) is 0 Å². The zero-order valence-corrected chi connectivity index (χ0v) is 13.4. The van der Waals surface area contributed by atoms with Crippen molar-refractivity contribution >= 4 is 17.5 Å². The summed E-state index contributed by atoms with van der Waals surface area (Å²) in [5.41, 5.74) is 1.46. The highest BCUT2D eigenvalue weighted by molar-refractivity contribution is 5.94. The normalized spacial score (nSPS) is 10.2. The summed E-state index contributed by atoms with van der Waals surface area (Å²) in [6.07, 6.45) is 6.88. The summed E-state index contributed by atoms with van der Waals surface area (Å²) in [6, 6.07) is 12.9. The molecule has 0 aliphatic rings. The minimum absolute atomic E-state index is 0.0884. The van der Waals surface area contributed by atoms with E-state index in [1.54, 1.807) is 41.6 Å². The lowest BCUT2D eigenvalue weighted by Crippen LogP contribution is -2.33. The number of anilines is 1. The van der Waals surface area contributed by atoms with Crippen LogP contribution in [-0.2, 0) is 16.0 Å². The third-order valence-corrected chi connectivity index (χ3v) is 3.45. The Morgan fingerprint density at radius 3 is 2.56 bits per heavy atom. The fourth-order valence-electron chi connectivity index (χ4n) is 2.24. The smallest absolute Gasteiger partial charge is 0.243 e. The van der Waals surface area contributed by atoms with Gasteiger partial charge in [-0.05, 0) is 17.7 Å². The van der Waals surface area contributed by atoms with Gasteiger partial charge in [0.1, 0.15) is 12.1 Å². The minimum Gasteiger partial charge on any atom is -0.347 e. The molecule has 7 heteroatoms. The maximum absolute atomic E-state index is 11.9. The standard InChI is InChI=1S/C18H17N5O2/c24-17(10-14-4-2-1-3-5-14)21-12-18(25)22-15-6-7-16(20-11-15)23-9-8-19-13-23/h1-9,11,13H,10,12H2,(H,21,24)(H,22,25). The molecule has 3 rings (SSSR count). The maximum atomic E-state index is 11.9. The van der Waals surface area contributed by atoms with Crippen molar-refractivity contribution in [2.45, 2.75) is 6.42 Å². The number of benzene rings is 1. The van der Waals surface area contributed by atoms with Gasteiger partial charge in [-0.15, -0.1) is 0 Å². The van der Waals surface area contributed by atoms with E-state index in [9.17, 15) is 9.59 Å². The molecule has 2 aromatic heterocycles. The van der Waals surface area contributed by atoms with Crippen molar-refractivity contribution in [3.05, 3.63) is 72.9 Å². The van der Waals surface area contributed by atoms with Crippen molar-refractivity contribution in [3.63, 3.8) is 0 Å². The highest BCUT2D eigenvalue weighted by Crippen LogP contribution is 2.09. The third-order valence-electron chi connectivity index (χ3n) is 3.45. The molecule has 0 unspecified atom stereocenters. The summed E-state index contributed by atoms with van der Waals surface area (Å²) in [5.74, 6) is 0.195. The van der Waals surface area contributed by atoms with Gasteiger partial charge in [0.2, 0.25) is 11.8 Å². The monoisotopic (exact) mass is 335 g/mol. The summed E-state index contributed by atoms with van der Waals surface area (Å²) in [7, 11) is 0. The molecule has 7 nitrogen and oxygen atoms in total. The second kappa shape index (κ2) is 7.87. The Morgan fingerprint density at radius 1 is 1.04 bits per heavy atom. The summed E-state index contributed by atoms with van der Waals surface area (Å²) in [5, 5.41) is 5.29. The lowest BCUT2D eigenvalue weighted by Gasteiger charge is -2.08. The molecule has 2 heterocycles. The topological polar surface area (TPSA) is 88.9 Å². The Balaban J connectivity index is 1.47. The fourth-order valence-corrected chi connectivity index (χ4v) is 2.24. The van der Waals surface area contributed by atoms with Crippen LogP contribution >= 0.6 is 0 Å². The summed E-state index contributed by atoms with van der Waals surface area (Å²) >= 11 is 0. The number of rotatable bonds is 6. The first kappa shape index (κ1) is 16.4. The second-order valence-corrected chi connectivity index (χ2v) is 5.36. The van der Waals surface area contributed by atoms with Gasteiger partial charge in [0.15, 0.2) is 0 Å². The van der Waals surface area contributed by atoms with Gasteiger partial charge >= 0.3 is 0 Å². The molecule has 0 aliphatic carbocycles. The maximum Gasteiger partial charge on any atom is 0.243 e. The SMILES string of the molecule is O=C(Cc1ccccc1)NCC(=O)Nc1ccc(-n2ccnc2)nc1. The average molecular weight is 335 g/mol. The molecular weight excluding hydrogens is 318 g/mol. The first-order chi connectivity index (χ1) is 12.2. The number of amides is 2. The fraction of sp³-hybridized carbons (Fsp3) is 0.111. The van der Waals surface area contributed by atoms with Crippen molar-refractivity contribution < 1.29 is 9.59 Å². The molecule has 3 aromatic rings. The van der Waals surface area contributed by atoms with Gasteiger partial charge in [0.05, 0.1) is 24.8 Å². The van der Waals surface area contributed by atoms with Crippen LogP contribution in [-0.4, -0.2) is 32.9 Å². The molecule has 2 N–H and O–H groups in total. The van der Waals surface area contributed by atoms with Crippen LogP contribution in [0.25, 0.3) is 5.82 Å². The van der Waals surface area contributed by atoms with E-state index >= 15 is 0 Å². The van der Waals surface area contributed by atoms with Crippen molar-refractivity contribution in [1.29, 1.82) is 0 Å². The van der Waals surface area contributed by atoms with Crippen molar-refractivity contribution in [1.82, 2.24) is 19.9 Å². The first-order valence-electron chi connectivity index (χ1n) is 7.75. The molecule has 2 amide bonds. The summed E-state index contributed by atoms with van der Waals surface area (Å²) in [4.78, 5) is 31.9. The van der Waals surface area contributed by atoms with E-state index in [1.165, 1.54) is 0 Å². The van der Waals surface area contributed by atoms with Gasteiger partial charge in [-0.2, -0.15) is 0 Å². The number of nitrogens with zero attached hydrogens (tertiary/aromatic N) is 3. The number of hydrogen-bond donors (Lipinski definition) is 2. The number of carbonyl (C=O) groups is 2. The molecule has 0 saturated heterocycles. The molecule has 0 bridgehead atoms. The van der Waals surface area contributed by atoms with Crippen LogP contribution < -0.4 is 10.6 Å².